The van der Waals surface area contributed by atoms with Gasteiger partial charge in [0.15, 0.2) is 5.96 Å². The predicted molar refractivity (Wildman–Crippen MR) is 74.6 cm³/mol. The second-order valence-corrected chi connectivity index (χ2v) is 6.21. The minimum atomic E-state index is 0.503. The van der Waals surface area contributed by atoms with Crippen molar-refractivity contribution >= 4 is 5.96 Å². The van der Waals surface area contributed by atoms with Gasteiger partial charge in [-0.2, -0.15) is 0 Å². The van der Waals surface area contributed by atoms with E-state index in [1.54, 1.807) is 0 Å². The van der Waals surface area contributed by atoms with Crippen molar-refractivity contribution in [2.24, 2.45) is 10.7 Å². The molecule has 4 nitrogen and oxygen atoms in total. The highest BCUT2D eigenvalue weighted by molar-refractivity contribution is 5.78. The Balaban J connectivity index is 1.65. The molecule has 2 saturated heterocycles. The number of hydrogen-bond acceptors (Lipinski definition) is 2. The number of likely N-dealkylation sites (tertiary alicyclic amines) is 1. The third-order valence-electron chi connectivity index (χ3n) is 5.11. The third-order valence-corrected chi connectivity index (χ3v) is 5.11. The summed E-state index contributed by atoms with van der Waals surface area (Å²) in [6, 6.07) is 1.97. The molecular formula is C14H26N4. The van der Waals surface area contributed by atoms with Gasteiger partial charge in [0.25, 0.3) is 0 Å². The highest BCUT2D eigenvalue weighted by Crippen LogP contribution is 2.28. The summed E-state index contributed by atoms with van der Waals surface area (Å²) in [5, 5.41) is 0. The molecule has 0 radical (unpaired) electrons. The van der Waals surface area contributed by atoms with Gasteiger partial charge in [0, 0.05) is 25.2 Å². The Morgan fingerprint density at radius 3 is 2.56 bits per heavy atom. The van der Waals surface area contributed by atoms with Gasteiger partial charge in [-0.3, -0.25) is 4.90 Å². The molecule has 2 N–H and O–H groups in total. The van der Waals surface area contributed by atoms with Crippen molar-refractivity contribution in [2.45, 2.75) is 63.1 Å². The Morgan fingerprint density at radius 1 is 1.06 bits per heavy atom. The van der Waals surface area contributed by atoms with Crippen LogP contribution < -0.4 is 5.73 Å². The van der Waals surface area contributed by atoms with Gasteiger partial charge in [-0.15, -0.1) is 0 Å². The van der Waals surface area contributed by atoms with Crippen LogP contribution in [0, 0.1) is 0 Å². The van der Waals surface area contributed by atoms with Gasteiger partial charge in [0.05, 0.1) is 6.04 Å². The van der Waals surface area contributed by atoms with Crippen LogP contribution in [0.5, 0.6) is 0 Å². The molecule has 2 heterocycles. The lowest BCUT2D eigenvalue weighted by Crippen LogP contribution is -2.43. The third kappa shape index (κ3) is 2.35. The molecule has 18 heavy (non-hydrogen) atoms. The fraction of sp³-hybridized carbons (Fsp3) is 0.929. The smallest absolute Gasteiger partial charge is 0.191 e. The molecule has 0 spiro atoms. The van der Waals surface area contributed by atoms with Gasteiger partial charge in [-0.1, -0.05) is 12.8 Å². The Kier molecular flexibility index (Phi) is 3.46. The maximum absolute atomic E-state index is 6.23. The Bertz CT molecular complexity index is 322. The van der Waals surface area contributed by atoms with E-state index in [1.807, 2.05) is 0 Å². The topological polar surface area (TPSA) is 44.9 Å². The maximum Gasteiger partial charge on any atom is 0.191 e. The summed E-state index contributed by atoms with van der Waals surface area (Å²) in [6.45, 7) is 2.17. The van der Waals surface area contributed by atoms with E-state index in [-0.39, 0.29) is 0 Å². The monoisotopic (exact) mass is 250 g/mol. The van der Waals surface area contributed by atoms with E-state index in [4.69, 9.17) is 10.7 Å². The number of aliphatic imine (C=N–C) groups is 1. The van der Waals surface area contributed by atoms with Crippen LogP contribution >= 0.6 is 0 Å². The molecule has 3 rings (SSSR count). The predicted octanol–water partition coefficient (Wildman–Crippen LogP) is 1.41. The largest absolute Gasteiger partial charge is 0.370 e. The summed E-state index contributed by atoms with van der Waals surface area (Å²) >= 11 is 0. The van der Waals surface area contributed by atoms with Crippen LogP contribution in [-0.4, -0.2) is 54.0 Å². The first-order valence-corrected chi connectivity index (χ1v) is 7.54. The zero-order valence-corrected chi connectivity index (χ0v) is 11.5. The average Bonchev–Trinajstić information content (AvgIpc) is 2.89. The van der Waals surface area contributed by atoms with Crippen LogP contribution in [0.2, 0.25) is 0 Å². The Morgan fingerprint density at radius 2 is 1.78 bits per heavy atom. The molecule has 2 atom stereocenters. The molecule has 2 aliphatic heterocycles. The highest BCUT2D eigenvalue weighted by Gasteiger charge is 2.35. The first-order chi connectivity index (χ1) is 8.74. The zero-order chi connectivity index (χ0) is 12.5. The number of guanidine groups is 1. The van der Waals surface area contributed by atoms with Gasteiger partial charge >= 0.3 is 0 Å². The summed E-state index contributed by atoms with van der Waals surface area (Å²) < 4.78 is 0. The molecule has 4 heteroatoms. The van der Waals surface area contributed by atoms with Crippen molar-refractivity contribution in [3.8, 4) is 0 Å². The number of likely N-dealkylation sites (N-methyl/N-ethyl adjacent to an activating group) is 1. The lowest BCUT2D eigenvalue weighted by molar-refractivity contribution is 0.245. The van der Waals surface area contributed by atoms with E-state index in [2.05, 4.69) is 16.8 Å². The van der Waals surface area contributed by atoms with Crippen molar-refractivity contribution in [1.82, 2.24) is 9.80 Å². The lowest BCUT2D eigenvalue weighted by Gasteiger charge is -2.27. The fourth-order valence-electron chi connectivity index (χ4n) is 3.82. The number of nitrogens with two attached hydrogens (primary N) is 1. The van der Waals surface area contributed by atoms with E-state index < -0.39 is 0 Å². The summed E-state index contributed by atoms with van der Waals surface area (Å²) in [4.78, 5) is 9.64. The van der Waals surface area contributed by atoms with Gasteiger partial charge in [-0.05, 0) is 39.2 Å². The van der Waals surface area contributed by atoms with Crippen LogP contribution in [0.25, 0.3) is 0 Å². The van der Waals surface area contributed by atoms with Crippen molar-refractivity contribution in [3.63, 3.8) is 0 Å². The lowest BCUT2D eigenvalue weighted by atomic mass is 10.1. The van der Waals surface area contributed by atoms with Crippen LogP contribution in [0.1, 0.15) is 44.9 Å². The fourth-order valence-corrected chi connectivity index (χ4v) is 3.82. The van der Waals surface area contributed by atoms with E-state index in [0.717, 1.165) is 25.1 Å². The van der Waals surface area contributed by atoms with Gasteiger partial charge < -0.3 is 10.6 Å². The molecule has 102 valence electrons. The molecule has 1 saturated carbocycles. The van der Waals surface area contributed by atoms with Crippen molar-refractivity contribution in [2.75, 3.05) is 20.1 Å². The highest BCUT2D eigenvalue weighted by atomic mass is 15.3. The van der Waals surface area contributed by atoms with Crippen LogP contribution in [0.3, 0.4) is 0 Å². The molecule has 0 aromatic carbocycles. The first-order valence-electron chi connectivity index (χ1n) is 7.54. The summed E-state index contributed by atoms with van der Waals surface area (Å²) in [5.74, 6) is 0.808. The standard InChI is InChI=1S/C14H26N4/c1-17-12-6-7-13(17)10-18(9-8-12)14(15)16-11-4-2-3-5-11/h11-13H,2-10H2,1H3,(H2,15,16). The van der Waals surface area contributed by atoms with Crippen LogP contribution in [-0.2, 0) is 0 Å². The van der Waals surface area contributed by atoms with E-state index in [0.29, 0.717) is 12.1 Å². The molecule has 0 aromatic heterocycles. The van der Waals surface area contributed by atoms with E-state index in [1.165, 1.54) is 44.9 Å². The molecular weight excluding hydrogens is 224 g/mol. The van der Waals surface area contributed by atoms with Gasteiger partial charge in [0.2, 0.25) is 0 Å². The van der Waals surface area contributed by atoms with Crippen molar-refractivity contribution < 1.29 is 0 Å². The summed E-state index contributed by atoms with van der Waals surface area (Å²) in [7, 11) is 2.27. The molecule has 0 amide bonds. The summed E-state index contributed by atoms with van der Waals surface area (Å²) in [5.41, 5.74) is 6.23. The van der Waals surface area contributed by atoms with Crippen molar-refractivity contribution in [1.29, 1.82) is 0 Å². The van der Waals surface area contributed by atoms with Crippen molar-refractivity contribution in [3.05, 3.63) is 0 Å². The number of hydrogen-bond donors (Lipinski definition) is 1. The Labute approximate surface area is 110 Å². The Hall–Kier alpha value is -0.770. The molecule has 2 bridgehead atoms. The number of nitrogens with zero attached hydrogens (tertiary/aromatic N) is 3. The average molecular weight is 250 g/mol. The normalized spacial score (nSPS) is 35.2. The minimum Gasteiger partial charge on any atom is -0.370 e. The van der Waals surface area contributed by atoms with Crippen LogP contribution in [0.4, 0.5) is 0 Å². The second kappa shape index (κ2) is 5.08. The quantitative estimate of drug-likeness (QED) is 0.565. The molecule has 0 aromatic rings. The zero-order valence-electron chi connectivity index (χ0n) is 11.5. The first kappa shape index (κ1) is 12.3. The van der Waals surface area contributed by atoms with Crippen LogP contribution in [0.15, 0.2) is 4.99 Å². The molecule has 2 unspecified atom stereocenters. The molecule has 3 aliphatic rings. The van der Waals surface area contributed by atoms with E-state index in [9.17, 15) is 0 Å². The SMILES string of the molecule is CN1C2CCC1CN(C(N)=NC1CCCC1)CC2. The number of fused-ring (bicyclic) bond motifs is 2. The minimum absolute atomic E-state index is 0.503. The second-order valence-electron chi connectivity index (χ2n) is 6.21. The summed E-state index contributed by atoms with van der Waals surface area (Å²) in [6.07, 6.45) is 9.07. The molecule has 1 aliphatic carbocycles. The molecule has 3 fully saturated rings. The van der Waals surface area contributed by atoms with E-state index >= 15 is 0 Å². The van der Waals surface area contributed by atoms with Gasteiger partial charge in [0.1, 0.15) is 0 Å². The van der Waals surface area contributed by atoms with Gasteiger partial charge in [-0.25, -0.2) is 4.99 Å². The maximum atomic E-state index is 6.23. The number of rotatable bonds is 1.